The van der Waals surface area contributed by atoms with Crippen molar-refractivity contribution < 1.29 is 0 Å². The molecule has 1 N–H and O–H groups in total. The molecule has 0 aliphatic rings. The Kier molecular flexibility index (Phi) is 3.77. The van der Waals surface area contributed by atoms with E-state index in [4.69, 9.17) is 0 Å². The van der Waals surface area contributed by atoms with Crippen molar-refractivity contribution in [2.45, 2.75) is 13.8 Å². The first kappa shape index (κ1) is 15.8. The van der Waals surface area contributed by atoms with Crippen LogP contribution >= 0.6 is 15.9 Å². The fourth-order valence-corrected chi connectivity index (χ4v) is 3.34. The number of hydrogen-bond acceptors (Lipinski definition) is 3. The van der Waals surface area contributed by atoms with Crippen molar-refractivity contribution in [1.82, 2.24) is 14.6 Å². The Morgan fingerprint density at radius 2 is 1.96 bits per heavy atom. The van der Waals surface area contributed by atoms with E-state index >= 15 is 0 Å². The van der Waals surface area contributed by atoms with Crippen LogP contribution in [0.3, 0.4) is 0 Å². The molecule has 0 aliphatic carbocycles. The second-order valence-corrected chi connectivity index (χ2v) is 6.81. The summed E-state index contributed by atoms with van der Waals surface area (Å²) in [6, 6.07) is 13.5. The Bertz CT molecular complexity index is 1200. The van der Waals surface area contributed by atoms with Gasteiger partial charge in [-0.15, -0.1) is 0 Å². The molecule has 6 heteroatoms. The molecule has 2 aromatic heterocycles. The molecule has 0 atom stereocenters. The van der Waals surface area contributed by atoms with Gasteiger partial charge < -0.3 is 4.98 Å². The van der Waals surface area contributed by atoms with Gasteiger partial charge in [-0.1, -0.05) is 34.1 Å². The number of rotatable bonds is 2. The van der Waals surface area contributed by atoms with Gasteiger partial charge >= 0.3 is 0 Å². The largest absolute Gasteiger partial charge is 0.358 e. The van der Waals surface area contributed by atoms with Crippen molar-refractivity contribution in [3.05, 3.63) is 74.4 Å². The van der Waals surface area contributed by atoms with Gasteiger partial charge in [-0.25, -0.2) is 4.98 Å². The third-order valence-electron chi connectivity index (χ3n) is 4.22. The normalized spacial score (nSPS) is 11.8. The molecule has 0 saturated heterocycles. The third-order valence-corrected chi connectivity index (χ3v) is 4.71. The standard InChI is InChI=1S/C19H15BrN4O/c1-11-16(14-5-3-4-6-17(14)22-11)10-21-24-12(2)23-18-8-7-13(20)9-15(18)19(24)25/h3-10,22H,1-2H3. The second-order valence-electron chi connectivity index (χ2n) is 5.89. The van der Waals surface area contributed by atoms with E-state index in [2.05, 4.69) is 31.0 Å². The molecule has 124 valence electrons. The number of aromatic amines is 1. The molecule has 0 unspecified atom stereocenters. The van der Waals surface area contributed by atoms with Crippen LogP contribution in [0.2, 0.25) is 0 Å². The lowest BCUT2D eigenvalue weighted by Gasteiger charge is -2.05. The minimum absolute atomic E-state index is 0.183. The quantitative estimate of drug-likeness (QED) is 0.519. The molecule has 0 amide bonds. The monoisotopic (exact) mass is 394 g/mol. The Morgan fingerprint density at radius 1 is 1.16 bits per heavy atom. The average Bonchev–Trinajstić information content (AvgIpc) is 2.91. The number of nitrogens with one attached hydrogen (secondary N) is 1. The van der Waals surface area contributed by atoms with E-state index in [1.54, 1.807) is 19.2 Å². The summed E-state index contributed by atoms with van der Waals surface area (Å²) in [5.74, 6) is 0.550. The van der Waals surface area contributed by atoms with E-state index in [1.165, 1.54) is 4.68 Å². The summed E-state index contributed by atoms with van der Waals surface area (Å²) in [4.78, 5) is 20.6. The van der Waals surface area contributed by atoms with E-state index in [1.807, 2.05) is 43.3 Å². The van der Waals surface area contributed by atoms with Crippen LogP contribution in [0.1, 0.15) is 17.1 Å². The summed E-state index contributed by atoms with van der Waals surface area (Å²) in [5.41, 5.74) is 3.51. The van der Waals surface area contributed by atoms with Crippen LogP contribution in [0.5, 0.6) is 0 Å². The fourth-order valence-electron chi connectivity index (χ4n) is 2.98. The Morgan fingerprint density at radius 3 is 2.80 bits per heavy atom. The minimum atomic E-state index is -0.183. The number of aryl methyl sites for hydroxylation is 2. The van der Waals surface area contributed by atoms with Crippen LogP contribution in [-0.2, 0) is 0 Å². The molecular weight excluding hydrogens is 380 g/mol. The van der Waals surface area contributed by atoms with E-state index in [9.17, 15) is 4.79 Å². The molecule has 0 fully saturated rings. The number of aromatic nitrogens is 3. The van der Waals surface area contributed by atoms with Crippen molar-refractivity contribution in [2.75, 3.05) is 0 Å². The summed E-state index contributed by atoms with van der Waals surface area (Å²) >= 11 is 3.40. The van der Waals surface area contributed by atoms with Crippen molar-refractivity contribution in [2.24, 2.45) is 5.10 Å². The van der Waals surface area contributed by atoms with Crippen molar-refractivity contribution in [3.8, 4) is 0 Å². The lowest BCUT2D eigenvalue weighted by atomic mass is 10.1. The van der Waals surface area contributed by atoms with E-state index in [0.29, 0.717) is 16.7 Å². The maximum atomic E-state index is 12.8. The van der Waals surface area contributed by atoms with Gasteiger partial charge in [-0.2, -0.15) is 9.78 Å². The number of fused-ring (bicyclic) bond motifs is 2. The van der Waals surface area contributed by atoms with Gasteiger partial charge in [0.25, 0.3) is 5.56 Å². The van der Waals surface area contributed by atoms with E-state index < -0.39 is 0 Å². The van der Waals surface area contributed by atoms with Crippen molar-refractivity contribution >= 4 is 44.0 Å². The number of hydrogen-bond donors (Lipinski definition) is 1. The summed E-state index contributed by atoms with van der Waals surface area (Å²) in [7, 11) is 0. The van der Waals surface area contributed by atoms with Crippen LogP contribution in [0.25, 0.3) is 21.8 Å². The van der Waals surface area contributed by atoms with Crippen LogP contribution in [0.15, 0.2) is 56.8 Å². The first-order chi connectivity index (χ1) is 12.0. The number of nitrogens with zero attached hydrogens (tertiary/aromatic N) is 3. The van der Waals surface area contributed by atoms with Gasteiger partial charge in [0.2, 0.25) is 0 Å². The molecule has 4 rings (SSSR count). The van der Waals surface area contributed by atoms with Gasteiger partial charge in [-0.3, -0.25) is 4.79 Å². The number of halogens is 1. The first-order valence-electron chi connectivity index (χ1n) is 7.85. The zero-order chi connectivity index (χ0) is 17.6. The molecule has 4 aromatic rings. The Hall–Kier alpha value is -2.73. The van der Waals surface area contributed by atoms with Crippen LogP contribution < -0.4 is 5.56 Å². The van der Waals surface area contributed by atoms with Gasteiger partial charge in [-0.05, 0) is 38.1 Å². The van der Waals surface area contributed by atoms with Crippen LogP contribution in [0.4, 0.5) is 0 Å². The highest BCUT2D eigenvalue weighted by molar-refractivity contribution is 9.10. The van der Waals surface area contributed by atoms with Gasteiger partial charge in [0, 0.05) is 26.6 Å². The SMILES string of the molecule is Cc1[nH]c2ccccc2c1C=Nn1c(C)nc2ccc(Br)cc2c1=O. The molecule has 25 heavy (non-hydrogen) atoms. The predicted octanol–water partition coefficient (Wildman–Crippen LogP) is 4.14. The smallest absolute Gasteiger partial charge is 0.282 e. The number of benzene rings is 2. The molecule has 0 spiro atoms. The third kappa shape index (κ3) is 2.68. The first-order valence-corrected chi connectivity index (χ1v) is 8.64. The lowest BCUT2D eigenvalue weighted by molar-refractivity contribution is 0.771. The summed E-state index contributed by atoms with van der Waals surface area (Å²) in [6.45, 7) is 3.77. The summed E-state index contributed by atoms with van der Waals surface area (Å²) in [6.07, 6.45) is 1.72. The number of para-hydroxylation sites is 1. The van der Waals surface area contributed by atoms with Gasteiger partial charge in [0.15, 0.2) is 0 Å². The topological polar surface area (TPSA) is 63.0 Å². The maximum absolute atomic E-state index is 12.8. The summed E-state index contributed by atoms with van der Waals surface area (Å²) < 4.78 is 2.18. The highest BCUT2D eigenvalue weighted by Crippen LogP contribution is 2.20. The van der Waals surface area contributed by atoms with Crippen molar-refractivity contribution in [3.63, 3.8) is 0 Å². The molecule has 0 radical (unpaired) electrons. The fraction of sp³-hybridized carbons (Fsp3) is 0.105. The molecule has 5 nitrogen and oxygen atoms in total. The van der Waals surface area contributed by atoms with Gasteiger partial charge in [0.05, 0.1) is 17.1 Å². The zero-order valence-electron chi connectivity index (χ0n) is 13.7. The second kappa shape index (κ2) is 5.97. The highest BCUT2D eigenvalue weighted by atomic mass is 79.9. The molecule has 2 heterocycles. The maximum Gasteiger partial charge on any atom is 0.282 e. The molecule has 0 bridgehead atoms. The van der Waals surface area contributed by atoms with Crippen LogP contribution in [-0.4, -0.2) is 20.9 Å². The lowest BCUT2D eigenvalue weighted by Crippen LogP contribution is -2.20. The average molecular weight is 395 g/mol. The Balaban J connectivity index is 1.89. The molecule has 0 saturated carbocycles. The molecular formula is C19H15BrN4O. The van der Waals surface area contributed by atoms with E-state index in [-0.39, 0.29) is 5.56 Å². The highest BCUT2D eigenvalue weighted by Gasteiger charge is 2.09. The van der Waals surface area contributed by atoms with Gasteiger partial charge in [0.1, 0.15) is 5.82 Å². The minimum Gasteiger partial charge on any atom is -0.358 e. The Labute approximate surface area is 152 Å². The molecule has 2 aromatic carbocycles. The van der Waals surface area contributed by atoms with E-state index in [0.717, 1.165) is 26.6 Å². The predicted molar refractivity (Wildman–Crippen MR) is 104 cm³/mol. The van der Waals surface area contributed by atoms with Crippen LogP contribution in [0, 0.1) is 13.8 Å². The summed E-state index contributed by atoms with van der Waals surface area (Å²) in [5, 5.41) is 6.03. The zero-order valence-corrected chi connectivity index (χ0v) is 15.3. The number of H-pyrrole nitrogens is 1. The molecule has 0 aliphatic heterocycles. The van der Waals surface area contributed by atoms with Crippen molar-refractivity contribution in [1.29, 1.82) is 0 Å².